The van der Waals surface area contributed by atoms with E-state index >= 15 is 0 Å². The van der Waals surface area contributed by atoms with Crippen molar-refractivity contribution in [3.63, 3.8) is 0 Å². The van der Waals surface area contributed by atoms with Crippen molar-refractivity contribution < 1.29 is 0 Å². The molecule has 3 rings (SSSR count). The molecule has 1 fully saturated rings. The zero-order valence-corrected chi connectivity index (χ0v) is 9.90. The smallest absolute Gasteiger partial charge is 0.255 e. The summed E-state index contributed by atoms with van der Waals surface area (Å²) in [5.74, 6) is 3.74. The Morgan fingerprint density at radius 1 is 1.25 bits per heavy atom. The third kappa shape index (κ3) is 1.78. The number of fused-ring (bicyclic) bond motifs is 1. The Kier molecular flexibility index (Phi) is 2.73. The van der Waals surface area contributed by atoms with E-state index in [4.69, 9.17) is 0 Å². The fourth-order valence-corrected chi connectivity index (χ4v) is 3.47. The molecule has 0 aliphatic carbocycles. The lowest BCUT2D eigenvalue weighted by molar-refractivity contribution is 0.591. The molecule has 2 aliphatic rings. The molecule has 0 unspecified atom stereocenters. The first-order chi connectivity index (χ1) is 7.84. The summed E-state index contributed by atoms with van der Waals surface area (Å²) in [7, 11) is 0. The largest absolute Gasteiger partial charge is 0.310 e. The number of aromatic amines is 1. The minimum absolute atomic E-state index is 0.0585. The fraction of sp³-hybridized carbons (Fsp3) is 0.636. The second kappa shape index (κ2) is 4.22. The van der Waals surface area contributed by atoms with Crippen LogP contribution in [0.25, 0.3) is 0 Å². The van der Waals surface area contributed by atoms with E-state index in [0.29, 0.717) is 12.5 Å². The first-order valence-electron chi connectivity index (χ1n) is 5.75. The van der Waals surface area contributed by atoms with Crippen LogP contribution in [-0.4, -0.2) is 21.5 Å². The molecule has 0 radical (unpaired) electrons. The van der Waals surface area contributed by atoms with Crippen LogP contribution < -0.4 is 10.9 Å². The highest BCUT2D eigenvalue weighted by atomic mass is 32.2. The Morgan fingerprint density at radius 2 is 2.06 bits per heavy atom. The number of hydrogen-bond acceptors (Lipinski definition) is 4. The predicted molar refractivity (Wildman–Crippen MR) is 64.7 cm³/mol. The van der Waals surface area contributed by atoms with Crippen molar-refractivity contribution in [2.75, 3.05) is 11.5 Å². The van der Waals surface area contributed by atoms with Crippen LogP contribution in [0.3, 0.4) is 0 Å². The molecular formula is C11H15N3OS. The summed E-state index contributed by atoms with van der Waals surface area (Å²) >= 11 is 1.99. The number of rotatable bonds is 1. The first kappa shape index (κ1) is 10.4. The normalized spacial score (nSPS) is 21.0. The van der Waals surface area contributed by atoms with Gasteiger partial charge in [-0.25, -0.2) is 4.98 Å². The summed E-state index contributed by atoms with van der Waals surface area (Å²) in [6.07, 6.45) is 2.28. The maximum atomic E-state index is 11.8. The van der Waals surface area contributed by atoms with Crippen LogP contribution in [0.5, 0.6) is 0 Å². The third-order valence-corrected chi connectivity index (χ3v) is 4.37. The van der Waals surface area contributed by atoms with Gasteiger partial charge in [-0.3, -0.25) is 4.79 Å². The highest BCUT2D eigenvalue weighted by Crippen LogP contribution is 2.29. The van der Waals surface area contributed by atoms with Crippen molar-refractivity contribution in [2.24, 2.45) is 0 Å². The van der Waals surface area contributed by atoms with Gasteiger partial charge in [0, 0.05) is 19.0 Å². The van der Waals surface area contributed by atoms with Gasteiger partial charge < -0.3 is 10.3 Å². The number of aromatic nitrogens is 2. The molecule has 86 valence electrons. The summed E-state index contributed by atoms with van der Waals surface area (Å²) in [5, 5.41) is 3.17. The highest BCUT2D eigenvalue weighted by molar-refractivity contribution is 7.99. The van der Waals surface area contributed by atoms with Gasteiger partial charge in [0.2, 0.25) is 0 Å². The maximum absolute atomic E-state index is 11.8. The van der Waals surface area contributed by atoms with Gasteiger partial charge in [-0.05, 0) is 24.3 Å². The molecule has 0 aromatic carbocycles. The van der Waals surface area contributed by atoms with E-state index in [1.54, 1.807) is 0 Å². The van der Waals surface area contributed by atoms with Gasteiger partial charge in [-0.2, -0.15) is 11.8 Å². The van der Waals surface area contributed by atoms with Gasteiger partial charge in [0.1, 0.15) is 5.82 Å². The number of H-pyrrole nitrogens is 1. The van der Waals surface area contributed by atoms with Crippen molar-refractivity contribution in [2.45, 2.75) is 31.8 Å². The molecule has 16 heavy (non-hydrogen) atoms. The standard InChI is InChI=1S/C11H15N3OS/c15-11-8-5-12-6-9(8)13-10(14-11)7-1-3-16-4-2-7/h7,12H,1-6H2,(H,13,14,15). The molecule has 1 aromatic heterocycles. The zero-order chi connectivity index (χ0) is 11.0. The Labute approximate surface area is 98.2 Å². The van der Waals surface area contributed by atoms with E-state index in [1.807, 2.05) is 11.8 Å². The topological polar surface area (TPSA) is 57.8 Å². The summed E-state index contributed by atoms with van der Waals surface area (Å²) < 4.78 is 0. The van der Waals surface area contributed by atoms with E-state index in [9.17, 15) is 4.79 Å². The summed E-state index contributed by atoms with van der Waals surface area (Å²) in [4.78, 5) is 19.4. The van der Waals surface area contributed by atoms with Crippen LogP contribution in [0, 0.1) is 0 Å². The first-order valence-corrected chi connectivity index (χ1v) is 6.90. The van der Waals surface area contributed by atoms with Crippen molar-refractivity contribution in [1.82, 2.24) is 15.3 Å². The second-order valence-electron chi connectivity index (χ2n) is 4.37. The maximum Gasteiger partial charge on any atom is 0.255 e. The minimum Gasteiger partial charge on any atom is -0.310 e. The van der Waals surface area contributed by atoms with E-state index in [0.717, 1.165) is 36.5 Å². The van der Waals surface area contributed by atoms with Crippen molar-refractivity contribution >= 4 is 11.8 Å². The highest BCUT2D eigenvalue weighted by Gasteiger charge is 2.22. The van der Waals surface area contributed by atoms with Gasteiger partial charge in [0.25, 0.3) is 5.56 Å². The quantitative estimate of drug-likeness (QED) is 0.764. The lowest BCUT2D eigenvalue weighted by Crippen LogP contribution is -2.21. The second-order valence-corrected chi connectivity index (χ2v) is 5.59. The Bertz CT molecular complexity index is 451. The molecule has 4 nitrogen and oxygen atoms in total. The summed E-state index contributed by atoms with van der Waals surface area (Å²) in [6.45, 7) is 1.41. The molecule has 5 heteroatoms. The Morgan fingerprint density at radius 3 is 2.88 bits per heavy atom. The van der Waals surface area contributed by atoms with Crippen LogP contribution in [0.15, 0.2) is 4.79 Å². The predicted octanol–water partition coefficient (Wildman–Crippen LogP) is 0.984. The number of nitrogens with zero attached hydrogens (tertiary/aromatic N) is 1. The number of thioether (sulfide) groups is 1. The average Bonchev–Trinajstić information content (AvgIpc) is 2.79. The summed E-state index contributed by atoms with van der Waals surface area (Å²) in [5.41, 5.74) is 1.84. The van der Waals surface area contributed by atoms with Crippen LogP contribution in [0.1, 0.15) is 35.8 Å². The van der Waals surface area contributed by atoms with E-state index in [1.165, 1.54) is 11.5 Å². The monoisotopic (exact) mass is 237 g/mol. The molecule has 1 saturated heterocycles. The van der Waals surface area contributed by atoms with Crippen LogP contribution in [0.4, 0.5) is 0 Å². The molecular weight excluding hydrogens is 222 g/mol. The fourth-order valence-electron chi connectivity index (χ4n) is 2.36. The van der Waals surface area contributed by atoms with Crippen molar-refractivity contribution in [3.8, 4) is 0 Å². The third-order valence-electron chi connectivity index (χ3n) is 3.32. The average molecular weight is 237 g/mol. The van der Waals surface area contributed by atoms with Crippen LogP contribution >= 0.6 is 11.8 Å². The minimum atomic E-state index is 0.0585. The van der Waals surface area contributed by atoms with E-state index in [-0.39, 0.29) is 5.56 Å². The summed E-state index contributed by atoms with van der Waals surface area (Å²) in [6, 6.07) is 0. The van der Waals surface area contributed by atoms with Gasteiger partial charge >= 0.3 is 0 Å². The molecule has 0 atom stereocenters. The Balaban J connectivity index is 1.96. The lowest BCUT2D eigenvalue weighted by Gasteiger charge is -2.20. The molecule has 0 spiro atoms. The molecule has 1 aromatic rings. The van der Waals surface area contributed by atoms with Crippen LogP contribution in [0.2, 0.25) is 0 Å². The lowest BCUT2D eigenvalue weighted by atomic mass is 10.0. The number of hydrogen-bond donors (Lipinski definition) is 2. The molecule has 2 N–H and O–H groups in total. The molecule has 0 bridgehead atoms. The van der Waals surface area contributed by atoms with Crippen molar-refractivity contribution in [3.05, 3.63) is 27.4 Å². The van der Waals surface area contributed by atoms with E-state index < -0.39 is 0 Å². The van der Waals surface area contributed by atoms with Gasteiger partial charge in [0.05, 0.1) is 11.3 Å². The molecule has 2 aliphatic heterocycles. The van der Waals surface area contributed by atoms with Gasteiger partial charge in [0.15, 0.2) is 0 Å². The number of nitrogens with one attached hydrogen (secondary N) is 2. The van der Waals surface area contributed by atoms with Crippen LogP contribution in [-0.2, 0) is 13.1 Å². The van der Waals surface area contributed by atoms with E-state index in [2.05, 4.69) is 15.3 Å². The van der Waals surface area contributed by atoms with Gasteiger partial charge in [-0.15, -0.1) is 0 Å². The van der Waals surface area contributed by atoms with Crippen molar-refractivity contribution in [1.29, 1.82) is 0 Å². The zero-order valence-electron chi connectivity index (χ0n) is 9.08. The Hall–Kier alpha value is -0.810. The molecule has 3 heterocycles. The SMILES string of the molecule is O=c1[nH]c(C2CCSCC2)nc2c1CNC2. The molecule has 0 saturated carbocycles. The van der Waals surface area contributed by atoms with Gasteiger partial charge in [-0.1, -0.05) is 0 Å². The molecule has 0 amide bonds.